The molecule has 1 unspecified atom stereocenters. The predicted molar refractivity (Wildman–Crippen MR) is 115 cm³/mol. The Labute approximate surface area is 170 Å². The Balaban J connectivity index is 0.00000312. The molecule has 1 saturated heterocycles. The van der Waals surface area contributed by atoms with E-state index >= 15 is 0 Å². The van der Waals surface area contributed by atoms with Gasteiger partial charge in [-0.05, 0) is 49.8 Å². The molecule has 8 heteroatoms. The highest BCUT2D eigenvalue weighted by Gasteiger charge is 2.14. The van der Waals surface area contributed by atoms with Gasteiger partial charge in [0.2, 0.25) is 0 Å². The van der Waals surface area contributed by atoms with Gasteiger partial charge in [0.15, 0.2) is 5.96 Å². The third kappa shape index (κ3) is 8.17. The van der Waals surface area contributed by atoms with Crippen LogP contribution in [0.4, 0.5) is 0 Å². The van der Waals surface area contributed by atoms with Gasteiger partial charge in [0, 0.05) is 30.4 Å². The summed E-state index contributed by atoms with van der Waals surface area (Å²) in [6.07, 6.45) is 2.54. The van der Waals surface area contributed by atoms with Crippen LogP contribution in [0.3, 0.4) is 0 Å². The molecule has 4 N–H and O–H groups in total. The van der Waals surface area contributed by atoms with Gasteiger partial charge in [-0.1, -0.05) is 0 Å². The van der Waals surface area contributed by atoms with Gasteiger partial charge in [0.1, 0.15) is 5.75 Å². The second kappa shape index (κ2) is 12.2. The maximum absolute atomic E-state index is 12.0. The van der Waals surface area contributed by atoms with E-state index in [1.54, 1.807) is 12.1 Å². The van der Waals surface area contributed by atoms with Gasteiger partial charge in [-0.15, -0.1) is 24.0 Å². The van der Waals surface area contributed by atoms with Crippen molar-refractivity contribution in [2.45, 2.75) is 25.0 Å². The average molecular weight is 478 g/mol. The molecule has 1 fully saturated rings. The molecule has 140 valence electrons. The molecule has 1 aromatic carbocycles. The second-order valence-electron chi connectivity index (χ2n) is 5.58. The van der Waals surface area contributed by atoms with Crippen LogP contribution in [0.25, 0.3) is 0 Å². The van der Waals surface area contributed by atoms with Crippen molar-refractivity contribution >= 4 is 47.6 Å². The van der Waals surface area contributed by atoms with Crippen molar-refractivity contribution in [3.63, 3.8) is 0 Å². The van der Waals surface area contributed by atoms with E-state index in [2.05, 4.69) is 20.9 Å². The largest absolute Gasteiger partial charge is 0.508 e. The molecule has 25 heavy (non-hydrogen) atoms. The lowest BCUT2D eigenvalue weighted by Gasteiger charge is -2.13. The number of phenols is 1. The first-order chi connectivity index (χ1) is 11.7. The monoisotopic (exact) mass is 478 g/mol. The quantitative estimate of drug-likeness (QED) is 0.209. The molecule has 1 aliphatic heterocycles. The number of carbonyl (C=O) groups excluding carboxylic acids is 1. The number of benzene rings is 1. The smallest absolute Gasteiger partial charge is 0.251 e. The van der Waals surface area contributed by atoms with E-state index in [0.717, 1.165) is 19.0 Å². The Morgan fingerprint density at radius 1 is 1.24 bits per heavy atom. The number of nitrogens with zero attached hydrogens (tertiary/aromatic N) is 1. The van der Waals surface area contributed by atoms with Crippen LogP contribution in [0.5, 0.6) is 5.75 Å². The molecule has 1 heterocycles. The number of phenolic OH excluding ortho intramolecular Hbond substituents is 1. The van der Waals surface area contributed by atoms with Crippen molar-refractivity contribution in [3.8, 4) is 5.75 Å². The van der Waals surface area contributed by atoms with Crippen molar-refractivity contribution in [2.75, 3.05) is 31.9 Å². The second-order valence-corrected chi connectivity index (χ2v) is 6.99. The Bertz CT molecular complexity index is 548. The number of amides is 1. The van der Waals surface area contributed by atoms with Crippen LogP contribution in [-0.4, -0.2) is 54.2 Å². The summed E-state index contributed by atoms with van der Waals surface area (Å²) in [5, 5.41) is 19.2. The number of aromatic hydroxyl groups is 1. The van der Waals surface area contributed by atoms with Crippen molar-refractivity contribution in [2.24, 2.45) is 4.99 Å². The Morgan fingerprint density at radius 2 is 1.96 bits per heavy atom. The number of halogens is 1. The number of rotatable bonds is 7. The fourth-order valence-electron chi connectivity index (χ4n) is 2.39. The number of thioether (sulfide) groups is 1. The summed E-state index contributed by atoms with van der Waals surface area (Å²) < 4.78 is 0. The molecule has 1 amide bonds. The summed E-state index contributed by atoms with van der Waals surface area (Å²) in [6.45, 7) is 4.78. The van der Waals surface area contributed by atoms with Crippen molar-refractivity contribution in [1.29, 1.82) is 0 Å². The minimum atomic E-state index is -0.152. The van der Waals surface area contributed by atoms with E-state index in [4.69, 9.17) is 0 Å². The maximum atomic E-state index is 12.0. The lowest BCUT2D eigenvalue weighted by Crippen LogP contribution is -2.41. The molecular formula is C17H27IN4O2S. The molecule has 0 bridgehead atoms. The number of nitrogens with one attached hydrogen (secondary N) is 3. The molecule has 0 saturated carbocycles. The highest BCUT2D eigenvalue weighted by Crippen LogP contribution is 2.25. The molecule has 0 aromatic heterocycles. The number of guanidine groups is 1. The predicted octanol–water partition coefficient (Wildman–Crippen LogP) is 2.19. The van der Waals surface area contributed by atoms with Crippen LogP contribution in [0, 0.1) is 0 Å². The van der Waals surface area contributed by atoms with Gasteiger partial charge in [-0.2, -0.15) is 11.8 Å². The first-order valence-corrected chi connectivity index (χ1v) is 9.45. The molecular weight excluding hydrogens is 451 g/mol. The third-order valence-electron chi connectivity index (χ3n) is 3.65. The molecule has 0 spiro atoms. The first-order valence-electron chi connectivity index (χ1n) is 8.40. The molecule has 6 nitrogen and oxygen atoms in total. The summed E-state index contributed by atoms with van der Waals surface area (Å²) >= 11 is 2.00. The summed E-state index contributed by atoms with van der Waals surface area (Å²) in [6, 6.07) is 6.21. The summed E-state index contributed by atoms with van der Waals surface area (Å²) in [7, 11) is 0. The van der Waals surface area contributed by atoms with Crippen molar-refractivity contribution in [1.82, 2.24) is 16.0 Å². The van der Waals surface area contributed by atoms with E-state index in [0.29, 0.717) is 23.9 Å². The Morgan fingerprint density at radius 3 is 2.60 bits per heavy atom. The summed E-state index contributed by atoms with van der Waals surface area (Å²) in [4.78, 5) is 16.6. The number of aliphatic imine (C=N–C) groups is 1. The molecule has 0 aliphatic carbocycles. The molecule has 1 aromatic rings. The lowest BCUT2D eigenvalue weighted by molar-refractivity contribution is 0.0954. The summed E-state index contributed by atoms with van der Waals surface area (Å²) in [5.74, 6) is 2.04. The van der Waals surface area contributed by atoms with Crippen LogP contribution in [0.1, 0.15) is 30.1 Å². The first kappa shape index (κ1) is 21.9. The van der Waals surface area contributed by atoms with Gasteiger partial charge in [0.25, 0.3) is 5.91 Å². The van der Waals surface area contributed by atoms with E-state index < -0.39 is 0 Å². The number of carbonyl (C=O) groups is 1. The zero-order chi connectivity index (χ0) is 17.2. The molecule has 2 rings (SSSR count). The van der Waals surface area contributed by atoms with Gasteiger partial charge in [-0.25, -0.2) is 0 Å². The third-order valence-corrected chi connectivity index (χ3v) is 5.03. The van der Waals surface area contributed by atoms with Gasteiger partial charge in [0.05, 0.1) is 6.54 Å². The van der Waals surface area contributed by atoms with Crippen molar-refractivity contribution < 1.29 is 9.90 Å². The number of hydrogen-bond donors (Lipinski definition) is 4. The zero-order valence-corrected chi connectivity index (χ0v) is 17.6. The highest BCUT2D eigenvalue weighted by molar-refractivity contribution is 14.0. The molecule has 1 aliphatic rings. The van der Waals surface area contributed by atoms with E-state index in [1.165, 1.54) is 30.7 Å². The zero-order valence-electron chi connectivity index (χ0n) is 14.5. The van der Waals surface area contributed by atoms with Crippen LogP contribution < -0.4 is 16.0 Å². The topological polar surface area (TPSA) is 85.8 Å². The van der Waals surface area contributed by atoms with E-state index in [-0.39, 0.29) is 35.6 Å². The molecule has 0 radical (unpaired) electrons. The van der Waals surface area contributed by atoms with Gasteiger partial charge >= 0.3 is 0 Å². The van der Waals surface area contributed by atoms with Crippen LogP contribution in [-0.2, 0) is 0 Å². The lowest BCUT2D eigenvalue weighted by atomic mass is 10.2. The standard InChI is InChI=1S/C17H26N4O2S.HI/c1-2-18-17(21-12-15-4-3-11-24-15)20-10-9-19-16(23)13-5-7-14(22)8-6-13;/h5-8,15,22H,2-4,9-12H2,1H3,(H,19,23)(H2,18,20,21);1H. The van der Waals surface area contributed by atoms with E-state index in [1.807, 2.05) is 18.7 Å². The van der Waals surface area contributed by atoms with E-state index in [9.17, 15) is 9.90 Å². The van der Waals surface area contributed by atoms with Gasteiger partial charge < -0.3 is 21.1 Å². The highest BCUT2D eigenvalue weighted by atomic mass is 127. The molecule has 1 atom stereocenters. The average Bonchev–Trinajstić information content (AvgIpc) is 3.10. The van der Waals surface area contributed by atoms with Crippen molar-refractivity contribution in [3.05, 3.63) is 29.8 Å². The maximum Gasteiger partial charge on any atom is 0.251 e. The Kier molecular flexibility index (Phi) is 10.7. The minimum absolute atomic E-state index is 0. The normalized spacial score (nSPS) is 16.8. The fraction of sp³-hybridized carbons (Fsp3) is 0.529. The van der Waals surface area contributed by atoms with Crippen LogP contribution in [0.2, 0.25) is 0 Å². The summed E-state index contributed by atoms with van der Waals surface area (Å²) in [5.41, 5.74) is 0.534. The van der Waals surface area contributed by atoms with Crippen LogP contribution >= 0.6 is 35.7 Å². The van der Waals surface area contributed by atoms with Crippen LogP contribution in [0.15, 0.2) is 29.3 Å². The SMILES string of the molecule is CCNC(=NCC1CCCS1)NCCNC(=O)c1ccc(O)cc1.I. The number of hydrogen-bond acceptors (Lipinski definition) is 4. The Hall–Kier alpha value is -1.16. The fourth-order valence-corrected chi connectivity index (χ4v) is 3.57. The minimum Gasteiger partial charge on any atom is -0.508 e. The van der Waals surface area contributed by atoms with Gasteiger partial charge in [-0.3, -0.25) is 9.79 Å².